The van der Waals surface area contributed by atoms with Crippen LogP contribution in [0.1, 0.15) is 31.7 Å². The predicted molar refractivity (Wildman–Crippen MR) is 112 cm³/mol. The average molecular weight is 429 g/mol. The van der Waals surface area contributed by atoms with Crippen molar-refractivity contribution in [3.63, 3.8) is 0 Å². The lowest BCUT2D eigenvalue weighted by Crippen LogP contribution is -2.34. The van der Waals surface area contributed by atoms with E-state index in [-0.39, 0.29) is 41.4 Å². The maximum Gasteiger partial charge on any atom is 0.233 e. The molecule has 31 heavy (non-hydrogen) atoms. The second-order valence-corrected chi connectivity index (χ2v) is 8.73. The Morgan fingerprint density at radius 2 is 2.10 bits per heavy atom. The molecule has 2 saturated heterocycles. The molecular weight excluding hydrogens is 401 g/mol. The van der Waals surface area contributed by atoms with Crippen LogP contribution in [-0.2, 0) is 19.1 Å². The highest BCUT2D eigenvalue weighted by molar-refractivity contribution is 6.05. The number of aromatic hydroxyl groups is 1. The molecule has 4 atom stereocenters. The van der Waals surface area contributed by atoms with E-state index in [9.17, 15) is 19.1 Å². The van der Waals surface area contributed by atoms with Crippen molar-refractivity contribution in [3.05, 3.63) is 46.3 Å². The van der Waals surface area contributed by atoms with E-state index in [0.29, 0.717) is 25.2 Å². The third kappa shape index (κ3) is 3.92. The molecule has 1 aliphatic carbocycles. The van der Waals surface area contributed by atoms with Crippen LogP contribution in [0.15, 0.2) is 34.9 Å². The van der Waals surface area contributed by atoms with E-state index in [1.165, 1.54) is 17.0 Å². The number of halogens is 1. The summed E-state index contributed by atoms with van der Waals surface area (Å²) in [5, 5.41) is 9.34. The first-order valence-electron chi connectivity index (χ1n) is 10.6. The summed E-state index contributed by atoms with van der Waals surface area (Å²) in [5.41, 5.74) is 3.96. The fraction of sp³-hybridized carbons (Fsp3) is 0.500. The third-order valence-corrected chi connectivity index (χ3v) is 6.73. The van der Waals surface area contributed by atoms with Gasteiger partial charge in [-0.05, 0) is 55.0 Å². The summed E-state index contributed by atoms with van der Waals surface area (Å²) in [4.78, 5) is 26.5. The Morgan fingerprint density at radius 1 is 1.32 bits per heavy atom. The topological polar surface area (TPSA) is 76.1 Å². The van der Waals surface area contributed by atoms with Crippen molar-refractivity contribution in [2.24, 2.45) is 17.8 Å². The molecular formula is C24H28FNO5. The quantitative estimate of drug-likeness (QED) is 0.555. The van der Waals surface area contributed by atoms with Crippen LogP contribution in [0.2, 0.25) is 0 Å². The van der Waals surface area contributed by atoms with Gasteiger partial charge in [-0.25, -0.2) is 4.39 Å². The van der Waals surface area contributed by atoms with Crippen LogP contribution in [0.3, 0.4) is 0 Å². The van der Waals surface area contributed by atoms with Gasteiger partial charge in [0.2, 0.25) is 11.8 Å². The van der Waals surface area contributed by atoms with Crippen LogP contribution in [0.4, 0.5) is 4.39 Å². The predicted octanol–water partition coefficient (Wildman–Crippen LogP) is 3.31. The Morgan fingerprint density at radius 3 is 2.81 bits per heavy atom. The molecule has 6 nitrogen and oxygen atoms in total. The zero-order valence-corrected chi connectivity index (χ0v) is 18.1. The number of likely N-dealkylation sites (tertiary alicyclic amines) is 1. The minimum absolute atomic E-state index is 0.0780. The van der Waals surface area contributed by atoms with Crippen molar-refractivity contribution >= 4 is 17.9 Å². The van der Waals surface area contributed by atoms with E-state index >= 15 is 0 Å². The third-order valence-electron chi connectivity index (χ3n) is 6.73. The Labute approximate surface area is 181 Å². The normalized spacial score (nSPS) is 28.4. The number of benzene rings is 1. The number of hydrogen-bond donors (Lipinski definition) is 1. The number of carbonyl (C=O) groups excluding carboxylic acids is 2. The van der Waals surface area contributed by atoms with Gasteiger partial charge in [0, 0.05) is 20.1 Å². The first-order valence-corrected chi connectivity index (χ1v) is 10.6. The zero-order chi connectivity index (χ0) is 22.3. The molecule has 1 aromatic carbocycles. The standard InChI is InChI=1S/C24H28FNO5/c1-13(8-14-5-6-19(27)18(25)9-14)4-7-20-21-15(11-30-3)10-16-22(17(21)12-31-20)24(29)26(2)23(16)28/h5-6,8-9,16-17,20,22,27H,4,7,10-12H2,1-3H3/b13-8+/t16-,17+,20-,22-/m1/s1. The molecule has 0 radical (unpaired) electrons. The molecule has 2 amide bonds. The van der Waals surface area contributed by atoms with Gasteiger partial charge in [0.1, 0.15) is 0 Å². The van der Waals surface area contributed by atoms with Crippen LogP contribution in [0.25, 0.3) is 6.08 Å². The monoisotopic (exact) mass is 429 g/mol. The highest BCUT2D eigenvalue weighted by Crippen LogP contribution is 2.49. The lowest BCUT2D eigenvalue weighted by Gasteiger charge is -2.31. The van der Waals surface area contributed by atoms with Gasteiger partial charge in [0.05, 0.1) is 31.2 Å². The van der Waals surface area contributed by atoms with Crippen molar-refractivity contribution in [2.45, 2.75) is 32.3 Å². The van der Waals surface area contributed by atoms with Gasteiger partial charge in [0.25, 0.3) is 0 Å². The molecule has 2 fully saturated rings. The van der Waals surface area contributed by atoms with Gasteiger partial charge in [-0.3, -0.25) is 14.5 Å². The molecule has 0 spiro atoms. The number of phenols is 1. The van der Waals surface area contributed by atoms with E-state index in [0.717, 1.165) is 29.6 Å². The van der Waals surface area contributed by atoms with E-state index in [1.807, 2.05) is 13.0 Å². The second kappa shape index (κ2) is 8.55. The summed E-state index contributed by atoms with van der Waals surface area (Å²) in [6.07, 6.45) is 3.79. The van der Waals surface area contributed by atoms with Crippen LogP contribution in [0, 0.1) is 23.6 Å². The average Bonchev–Trinajstić information content (AvgIpc) is 3.25. The molecule has 3 aliphatic rings. The zero-order valence-electron chi connectivity index (χ0n) is 18.1. The number of allylic oxidation sites excluding steroid dienone is 1. The lowest BCUT2D eigenvalue weighted by atomic mass is 9.69. The van der Waals surface area contributed by atoms with Gasteiger partial charge in [0.15, 0.2) is 11.6 Å². The Bertz CT molecular complexity index is 969. The van der Waals surface area contributed by atoms with Gasteiger partial charge in [-0.15, -0.1) is 0 Å². The number of fused-ring (bicyclic) bond motifs is 3. The summed E-state index contributed by atoms with van der Waals surface area (Å²) in [7, 11) is 3.20. The summed E-state index contributed by atoms with van der Waals surface area (Å²) < 4.78 is 25.1. The number of methoxy groups -OCH3 is 1. The van der Waals surface area contributed by atoms with Crippen LogP contribution < -0.4 is 0 Å². The van der Waals surface area contributed by atoms with E-state index in [1.54, 1.807) is 20.2 Å². The van der Waals surface area contributed by atoms with Crippen LogP contribution >= 0.6 is 0 Å². The highest BCUT2D eigenvalue weighted by Gasteiger charge is 2.55. The summed E-state index contributed by atoms with van der Waals surface area (Å²) in [5.74, 6) is -1.95. The highest BCUT2D eigenvalue weighted by atomic mass is 19.1. The molecule has 2 aliphatic heterocycles. The molecule has 0 unspecified atom stereocenters. The van der Waals surface area contributed by atoms with Gasteiger partial charge in [-0.2, -0.15) is 0 Å². The SMILES string of the molecule is COCC1=C2[C@@H](CC/C(C)=C/c3ccc(O)c(F)c3)OC[C@@H]2[C@@H]2C(=O)N(C)C(=O)[C@@H]2C1. The number of phenolic OH excluding ortho intramolecular Hbond substituents is 1. The first kappa shape index (κ1) is 21.7. The fourth-order valence-corrected chi connectivity index (χ4v) is 5.27. The van der Waals surface area contributed by atoms with E-state index < -0.39 is 5.82 Å². The van der Waals surface area contributed by atoms with Crippen LogP contribution in [-0.4, -0.2) is 55.3 Å². The van der Waals surface area contributed by atoms with Crippen molar-refractivity contribution in [3.8, 4) is 5.75 Å². The first-order chi connectivity index (χ1) is 14.8. The molecule has 0 saturated carbocycles. The second-order valence-electron chi connectivity index (χ2n) is 8.73. The number of rotatable bonds is 6. The molecule has 1 aromatic rings. The Hall–Kier alpha value is -2.51. The number of nitrogens with zero attached hydrogens (tertiary/aromatic N) is 1. The molecule has 166 valence electrons. The number of hydrogen-bond acceptors (Lipinski definition) is 5. The minimum atomic E-state index is -0.643. The summed E-state index contributed by atoms with van der Waals surface area (Å²) in [6, 6.07) is 4.32. The van der Waals surface area contributed by atoms with Gasteiger partial charge >= 0.3 is 0 Å². The fourth-order valence-electron chi connectivity index (χ4n) is 5.27. The molecule has 1 N–H and O–H groups in total. The number of amides is 2. The largest absolute Gasteiger partial charge is 0.505 e. The number of ether oxygens (including phenoxy) is 2. The van der Waals surface area contributed by atoms with Gasteiger partial charge < -0.3 is 14.6 Å². The number of imide groups is 1. The van der Waals surface area contributed by atoms with Crippen molar-refractivity contribution in [2.75, 3.05) is 27.4 Å². The molecule has 4 rings (SSSR count). The smallest absolute Gasteiger partial charge is 0.233 e. The summed E-state index contributed by atoms with van der Waals surface area (Å²) >= 11 is 0. The van der Waals surface area contributed by atoms with Crippen molar-refractivity contribution in [1.82, 2.24) is 4.90 Å². The molecule has 0 aromatic heterocycles. The maximum absolute atomic E-state index is 13.6. The molecule has 7 heteroatoms. The Balaban J connectivity index is 1.52. The summed E-state index contributed by atoms with van der Waals surface area (Å²) in [6.45, 7) is 2.85. The maximum atomic E-state index is 13.6. The van der Waals surface area contributed by atoms with E-state index in [4.69, 9.17) is 9.47 Å². The van der Waals surface area contributed by atoms with Crippen LogP contribution in [0.5, 0.6) is 5.75 Å². The molecule has 2 heterocycles. The molecule has 0 bridgehead atoms. The minimum Gasteiger partial charge on any atom is -0.505 e. The Kier molecular flexibility index (Phi) is 5.99. The lowest BCUT2D eigenvalue weighted by molar-refractivity contribution is -0.138. The van der Waals surface area contributed by atoms with Crippen molar-refractivity contribution < 1.29 is 28.6 Å². The van der Waals surface area contributed by atoms with Gasteiger partial charge in [-0.1, -0.05) is 17.7 Å². The van der Waals surface area contributed by atoms with E-state index in [2.05, 4.69) is 0 Å². The number of carbonyl (C=O) groups is 2. The van der Waals surface area contributed by atoms with Crippen molar-refractivity contribution in [1.29, 1.82) is 0 Å².